The average Bonchev–Trinajstić information content (AvgIpc) is 2.93. The van der Waals surface area contributed by atoms with Crippen molar-refractivity contribution in [2.75, 3.05) is 18.9 Å². The van der Waals surface area contributed by atoms with Crippen LogP contribution in [0.15, 0.2) is 36.7 Å². The Bertz CT molecular complexity index is 850. The van der Waals surface area contributed by atoms with Crippen LogP contribution in [0.2, 0.25) is 0 Å². The van der Waals surface area contributed by atoms with Crippen LogP contribution in [0.3, 0.4) is 0 Å². The standard InChI is InChI=1S/C20H25N3O3/c1-4-26-18-11-16-14(5-7-22-19(16)21)9-15(18)10-17(13(3)24)23-8-6-12(2)20(23)25/h5,7,9,11-12,17,24H,3-4,6,8,10H2,1-2H3,(H2,21,22)/t12-,17+/m0/s1. The summed E-state index contributed by atoms with van der Waals surface area (Å²) in [6.07, 6.45) is 2.89. The second kappa shape index (κ2) is 7.23. The summed E-state index contributed by atoms with van der Waals surface area (Å²) in [6, 6.07) is 5.28. The number of hydrogen-bond acceptors (Lipinski definition) is 5. The number of aliphatic hydroxyl groups excluding tert-OH is 1. The van der Waals surface area contributed by atoms with Crippen LogP contribution < -0.4 is 10.5 Å². The van der Waals surface area contributed by atoms with Crippen LogP contribution in [0.25, 0.3) is 10.8 Å². The van der Waals surface area contributed by atoms with Crippen LogP contribution in [0.5, 0.6) is 5.75 Å². The van der Waals surface area contributed by atoms with Gasteiger partial charge < -0.3 is 20.5 Å². The number of ether oxygens (including phenoxy) is 1. The molecule has 26 heavy (non-hydrogen) atoms. The third-order valence-electron chi connectivity index (χ3n) is 4.96. The summed E-state index contributed by atoms with van der Waals surface area (Å²) >= 11 is 0. The monoisotopic (exact) mass is 355 g/mol. The number of amides is 1. The number of fused-ring (bicyclic) bond motifs is 1. The van der Waals surface area contributed by atoms with E-state index in [1.54, 1.807) is 11.1 Å². The van der Waals surface area contributed by atoms with E-state index in [4.69, 9.17) is 10.5 Å². The molecular weight excluding hydrogens is 330 g/mol. The summed E-state index contributed by atoms with van der Waals surface area (Å²) in [5.41, 5.74) is 6.88. The summed E-state index contributed by atoms with van der Waals surface area (Å²) in [7, 11) is 0. The Morgan fingerprint density at radius 2 is 2.31 bits per heavy atom. The Balaban J connectivity index is 2.00. The van der Waals surface area contributed by atoms with Crippen molar-refractivity contribution in [3.8, 4) is 5.75 Å². The number of aromatic nitrogens is 1. The van der Waals surface area contributed by atoms with Gasteiger partial charge in [-0.05, 0) is 42.5 Å². The van der Waals surface area contributed by atoms with Gasteiger partial charge in [0.15, 0.2) is 0 Å². The highest BCUT2D eigenvalue weighted by Crippen LogP contribution is 2.32. The number of nitrogens with two attached hydrogens (primary N) is 1. The lowest BCUT2D eigenvalue weighted by molar-refractivity contribution is -0.132. The quantitative estimate of drug-likeness (QED) is 0.778. The zero-order valence-electron chi connectivity index (χ0n) is 15.2. The molecule has 2 aromatic rings. The molecule has 6 nitrogen and oxygen atoms in total. The highest BCUT2D eigenvalue weighted by atomic mass is 16.5. The van der Waals surface area contributed by atoms with Crippen LogP contribution in [-0.4, -0.2) is 40.1 Å². The molecule has 1 aliphatic rings. The highest BCUT2D eigenvalue weighted by molar-refractivity contribution is 5.92. The molecule has 3 rings (SSSR count). The molecular formula is C20H25N3O3. The minimum absolute atomic E-state index is 0.00997. The van der Waals surface area contributed by atoms with Gasteiger partial charge in [-0.3, -0.25) is 4.79 Å². The van der Waals surface area contributed by atoms with Crippen LogP contribution in [0.4, 0.5) is 5.82 Å². The van der Waals surface area contributed by atoms with E-state index in [0.717, 1.165) is 22.8 Å². The smallest absolute Gasteiger partial charge is 0.226 e. The SMILES string of the molecule is C=C(O)[C@@H](Cc1cc2ccnc(N)c2cc1OCC)N1CC[C@H](C)C1=O. The van der Waals surface area contributed by atoms with Crippen molar-refractivity contribution in [3.63, 3.8) is 0 Å². The zero-order valence-corrected chi connectivity index (χ0v) is 15.2. The number of carbonyl (C=O) groups is 1. The van der Waals surface area contributed by atoms with Crippen molar-refractivity contribution < 1.29 is 14.6 Å². The van der Waals surface area contributed by atoms with Crippen molar-refractivity contribution in [2.24, 2.45) is 5.92 Å². The van der Waals surface area contributed by atoms with Crippen LogP contribution in [-0.2, 0) is 11.2 Å². The lowest BCUT2D eigenvalue weighted by Crippen LogP contribution is -2.40. The second-order valence-electron chi connectivity index (χ2n) is 6.74. The topological polar surface area (TPSA) is 88.7 Å². The summed E-state index contributed by atoms with van der Waals surface area (Å²) < 4.78 is 5.79. The molecule has 1 aliphatic heterocycles. The Kier molecular flexibility index (Phi) is 5.02. The Hall–Kier alpha value is -2.76. The molecule has 138 valence electrons. The predicted octanol–water partition coefficient (Wildman–Crippen LogP) is 3.07. The number of pyridine rings is 1. The molecule has 2 atom stereocenters. The van der Waals surface area contributed by atoms with Gasteiger partial charge in [0, 0.05) is 30.5 Å². The first-order chi connectivity index (χ1) is 12.4. The van der Waals surface area contributed by atoms with E-state index in [0.29, 0.717) is 31.1 Å². The number of aliphatic hydroxyl groups is 1. The minimum atomic E-state index is -0.469. The number of likely N-dealkylation sites (tertiary alicyclic amines) is 1. The van der Waals surface area contributed by atoms with E-state index in [-0.39, 0.29) is 17.6 Å². The molecule has 1 saturated heterocycles. The maximum Gasteiger partial charge on any atom is 0.226 e. The summed E-state index contributed by atoms with van der Waals surface area (Å²) in [5, 5.41) is 11.9. The van der Waals surface area contributed by atoms with E-state index in [1.807, 2.05) is 32.0 Å². The largest absolute Gasteiger partial charge is 0.511 e. The fourth-order valence-corrected chi connectivity index (χ4v) is 3.50. The van der Waals surface area contributed by atoms with Gasteiger partial charge in [0.05, 0.1) is 12.6 Å². The first kappa shape index (κ1) is 18.0. The number of hydrogen-bond donors (Lipinski definition) is 2. The van der Waals surface area contributed by atoms with Gasteiger partial charge in [-0.15, -0.1) is 0 Å². The van der Waals surface area contributed by atoms with Gasteiger partial charge in [-0.25, -0.2) is 4.98 Å². The molecule has 1 amide bonds. The van der Waals surface area contributed by atoms with Gasteiger partial charge in [-0.2, -0.15) is 0 Å². The molecule has 0 spiro atoms. The van der Waals surface area contributed by atoms with E-state index in [9.17, 15) is 9.90 Å². The van der Waals surface area contributed by atoms with Crippen LogP contribution >= 0.6 is 0 Å². The molecule has 2 heterocycles. The number of anilines is 1. The van der Waals surface area contributed by atoms with Gasteiger partial charge >= 0.3 is 0 Å². The number of nitrogen functional groups attached to an aromatic ring is 1. The summed E-state index contributed by atoms with van der Waals surface area (Å²) in [6.45, 7) is 8.65. The molecule has 0 saturated carbocycles. The number of carbonyl (C=O) groups excluding carboxylic acids is 1. The molecule has 0 aliphatic carbocycles. The number of benzene rings is 1. The van der Waals surface area contributed by atoms with Gasteiger partial charge in [-0.1, -0.05) is 13.5 Å². The van der Waals surface area contributed by atoms with Gasteiger partial charge in [0.2, 0.25) is 5.91 Å². The fraction of sp³-hybridized carbons (Fsp3) is 0.400. The fourth-order valence-electron chi connectivity index (χ4n) is 3.50. The summed E-state index contributed by atoms with van der Waals surface area (Å²) in [5.74, 6) is 1.15. The third kappa shape index (κ3) is 3.31. The lowest BCUT2D eigenvalue weighted by Gasteiger charge is -2.28. The number of nitrogens with zero attached hydrogens (tertiary/aromatic N) is 2. The van der Waals surface area contributed by atoms with Crippen LogP contribution in [0.1, 0.15) is 25.8 Å². The first-order valence-electron chi connectivity index (χ1n) is 8.90. The highest BCUT2D eigenvalue weighted by Gasteiger charge is 2.35. The van der Waals surface area contributed by atoms with E-state index < -0.39 is 6.04 Å². The zero-order chi connectivity index (χ0) is 18.8. The maximum atomic E-state index is 12.4. The van der Waals surface area contributed by atoms with Gasteiger partial charge in [0.25, 0.3) is 0 Å². The second-order valence-corrected chi connectivity index (χ2v) is 6.74. The molecule has 0 unspecified atom stereocenters. The predicted molar refractivity (Wildman–Crippen MR) is 102 cm³/mol. The van der Waals surface area contributed by atoms with Crippen molar-refractivity contribution in [2.45, 2.75) is 32.7 Å². The molecule has 0 radical (unpaired) electrons. The minimum Gasteiger partial charge on any atom is -0.511 e. The lowest BCUT2D eigenvalue weighted by atomic mass is 9.99. The van der Waals surface area contributed by atoms with Crippen molar-refractivity contribution in [1.29, 1.82) is 0 Å². The maximum absolute atomic E-state index is 12.4. The molecule has 1 aromatic carbocycles. The third-order valence-corrected chi connectivity index (χ3v) is 4.96. The Morgan fingerprint density at radius 1 is 1.54 bits per heavy atom. The average molecular weight is 355 g/mol. The van der Waals surface area contributed by atoms with Crippen molar-refractivity contribution >= 4 is 22.5 Å². The number of rotatable bonds is 6. The molecule has 6 heteroatoms. The molecule has 0 bridgehead atoms. The normalized spacial score (nSPS) is 18.3. The summed E-state index contributed by atoms with van der Waals surface area (Å²) in [4.78, 5) is 18.3. The Morgan fingerprint density at radius 3 is 2.92 bits per heavy atom. The van der Waals surface area contributed by atoms with E-state index in [2.05, 4.69) is 11.6 Å². The van der Waals surface area contributed by atoms with Crippen LogP contribution in [0, 0.1) is 5.92 Å². The first-order valence-corrected chi connectivity index (χ1v) is 8.90. The molecule has 3 N–H and O–H groups in total. The van der Waals surface area contributed by atoms with Crippen molar-refractivity contribution in [3.05, 3.63) is 42.3 Å². The Labute approximate surface area is 153 Å². The van der Waals surface area contributed by atoms with Crippen molar-refractivity contribution in [1.82, 2.24) is 9.88 Å². The molecule has 1 fully saturated rings. The molecule has 1 aromatic heterocycles. The van der Waals surface area contributed by atoms with Gasteiger partial charge in [0.1, 0.15) is 17.3 Å². The van der Waals surface area contributed by atoms with E-state index in [1.165, 1.54) is 0 Å². The van der Waals surface area contributed by atoms with E-state index >= 15 is 0 Å².